The first kappa shape index (κ1) is 29.0. The number of halogens is 2. The van der Waals surface area contributed by atoms with Gasteiger partial charge in [-0.1, -0.05) is 13.0 Å². The number of hydrogen-bond donors (Lipinski definition) is 0. The summed E-state index contributed by atoms with van der Waals surface area (Å²) in [7, 11) is 0. The van der Waals surface area contributed by atoms with Crippen molar-refractivity contribution in [2.75, 3.05) is 37.6 Å². The molecule has 3 heterocycles. The monoisotopic (exact) mass is 568 g/mol. The van der Waals surface area contributed by atoms with Crippen LogP contribution in [0.5, 0.6) is 0 Å². The number of fused-ring (bicyclic) bond motifs is 1. The zero-order chi connectivity index (χ0) is 23.5. The van der Waals surface area contributed by atoms with E-state index >= 15 is 0 Å². The van der Waals surface area contributed by atoms with Crippen LogP contribution in [0.4, 0.5) is 10.1 Å². The molecule has 1 radical (unpaired) electrons. The minimum Gasteiger partial charge on any atom is -1.00 e. The van der Waals surface area contributed by atoms with E-state index in [0.717, 1.165) is 56.7 Å². The Morgan fingerprint density at radius 1 is 1.23 bits per heavy atom. The minimum absolute atomic E-state index is 0. The summed E-state index contributed by atoms with van der Waals surface area (Å²) in [6, 6.07) is 6.69. The molecule has 0 amide bonds. The van der Waals surface area contributed by atoms with Crippen molar-refractivity contribution in [1.29, 1.82) is 0 Å². The van der Waals surface area contributed by atoms with Crippen LogP contribution in [0.3, 0.4) is 0 Å². The van der Waals surface area contributed by atoms with Crippen LogP contribution < -0.4 is 27.8 Å². The molecule has 191 valence electrons. The van der Waals surface area contributed by atoms with Gasteiger partial charge in [0.1, 0.15) is 5.82 Å². The summed E-state index contributed by atoms with van der Waals surface area (Å²) in [6.07, 6.45) is 4.05. The van der Waals surface area contributed by atoms with Crippen molar-refractivity contribution in [3.8, 4) is 0 Å². The van der Waals surface area contributed by atoms with Crippen molar-refractivity contribution in [1.82, 2.24) is 9.47 Å². The molecule has 1 aliphatic carbocycles. The molecule has 0 unspecified atom stereocenters. The van der Waals surface area contributed by atoms with E-state index in [0.29, 0.717) is 11.2 Å². The Balaban J connectivity index is 0.000000417. The Labute approximate surface area is 223 Å². The van der Waals surface area contributed by atoms with E-state index in [1.807, 2.05) is 16.3 Å². The smallest absolute Gasteiger partial charge is 1.00 e. The largest absolute Gasteiger partial charge is 2.00 e. The Morgan fingerprint density at radius 3 is 2.40 bits per heavy atom. The third kappa shape index (κ3) is 6.51. The molecule has 7 nitrogen and oxygen atoms in total. The van der Waals surface area contributed by atoms with Crippen molar-refractivity contribution in [2.24, 2.45) is 0 Å². The predicted molar refractivity (Wildman–Crippen MR) is 125 cm³/mol. The number of aromatic carboxylic acids is 1. The fourth-order valence-corrected chi connectivity index (χ4v) is 4.59. The van der Waals surface area contributed by atoms with Gasteiger partial charge in [0, 0.05) is 43.8 Å². The number of carboxylic acids is 1. The van der Waals surface area contributed by atoms with Crippen LogP contribution >= 0.6 is 11.3 Å². The molecule has 1 aliphatic heterocycles. The van der Waals surface area contributed by atoms with E-state index in [9.17, 15) is 23.9 Å². The summed E-state index contributed by atoms with van der Waals surface area (Å²) >= 11 is 1.45. The number of nitrogens with zero attached hydrogens (tertiary/aromatic N) is 3. The maximum absolute atomic E-state index is 14.8. The molecule has 1 saturated carbocycles. The number of pyridine rings is 1. The van der Waals surface area contributed by atoms with Crippen molar-refractivity contribution in [3.63, 3.8) is 0 Å². The fourth-order valence-electron chi connectivity index (χ4n) is 4.06. The van der Waals surface area contributed by atoms with Gasteiger partial charge in [-0.25, -0.2) is 4.39 Å². The molecule has 0 bridgehead atoms. The summed E-state index contributed by atoms with van der Waals surface area (Å²) in [6.45, 7) is 6.26. The van der Waals surface area contributed by atoms with Gasteiger partial charge in [-0.15, -0.1) is 11.3 Å². The number of aldehydes is 1. The predicted octanol–water partition coefficient (Wildman–Crippen LogP) is -0.457. The molecule has 2 aromatic heterocycles. The fraction of sp³-hybridized carbons (Fsp3) is 0.375. The number of anilines is 1. The SMILES string of the molecule is CCN1CCN(c2cc3c(cc2F)c(=O)c(C(=O)[O-])cn3C2CC2)CC1.O=Cc1cccs1.[Cl-].[Cu+2]. The van der Waals surface area contributed by atoms with Crippen LogP contribution in [0.15, 0.2) is 40.6 Å². The van der Waals surface area contributed by atoms with Gasteiger partial charge >= 0.3 is 17.1 Å². The molecule has 35 heavy (non-hydrogen) atoms. The number of carbonyl (C=O) groups is 2. The zero-order valence-electron chi connectivity index (χ0n) is 19.0. The molecule has 2 fully saturated rings. The number of aromatic nitrogens is 1. The number of likely N-dealkylation sites (N-methyl/N-ethyl adjacent to an activating group) is 1. The van der Waals surface area contributed by atoms with Crippen LogP contribution in [-0.4, -0.2) is 54.4 Å². The second kappa shape index (κ2) is 12.6. The second-order valence-corrected chi connectivity index (χ2v) is 9.15. The third-order valence-electron chi connectivity index (χ3n) is 6.08. The van der Waals surface area contributed by atoms with Gasteiger partial charge in [0.05, 0.1) is 27.6 Å². The van der Waals surface area contributed by atoms with Crippen molar-refractivity contribution in [2.45, 2.75) is 25.8 Å². The summed E-state index contributed by atoms with van der Waals surface area (Å²) < 4.78 is 16.6. The van der Waals surface area contributed by atoms with Gasteiger partial charge < -0.3 is 36.7 Å². The number of rotatable bonds is 5. The van der Waals surface area contributed by atoms with Gasteiger partial charge in [-0.3, -0.25) is 9.59 Å². The van der Waals surface area contributed by atoms with E-state index in [1.165, 1.54) is 23.6 Å². The second-order valence-electron chi connectivity index (χ2n) is 8.17. The Morgan fingerprint density at radius 2 is 1.91 bits per heavy atom. The summed E-state index contributed by atoms with van der Waals surface area (Å²) in [5.41, 5.74) is -0.0219. The van der Waals surface area contributed by atoms with Gasteiger partial charge in [0.25, 0.3) is 0 Å². The van der Waals surface area contributed by atoms with Gasteiger partial charge in [-0.05, 0) is 43.0 Å². The molecule has 2 aliphatic rings. The first-order valence-electron chi connectivity index (χ1n) is 11.0. The molecular formula is C24H25ClCuFN3O4S. The molecular weight excluding hydrogens is 544 g/mol. The maximum atomic E-state index is 14.8. The summed E-state index contributed by atoms with van der Waals surface area (Å²) in [4.78, 5) is 38.7. The van der Waals surface area contributed by atoms with Crippen LogP contribution in [0.1, 0.15) is 45.8 Å². The Bertz CT molecular complexity index is 1230. The third-order valence-corrected chi connectivity index (χ3v) is 6.88. The van der Waals surface area contributed by atoms with Crippen molar-refractivity contribution < 1.29 is 48.6 Å². The Hall–Kier alpha value is -2.23. The van der Waals surface area contributed by atoms with Crippen molar-refractivity contribution in [3.05, 3.63) is 62.3 Å². The Kier molecular flexibility index (Phi) is 10.5. The minimum atomic E-state index is -1.52. The van der Waals surface area contributed by atoms with E-state index in [4.69, 9.17) is 0 Å². The topological polar surface area (TPSA) is 85.7 Å². The van der Waals surface area contributed by atoms with E-state index in [-0.39, 0.29) is 40.9 Å². The first-order chi connectivity index (χ1) is 15.9. The normalized spacial score (nSPS) is 15.4. The standard InChI is InChI=1S/C19H22FN3O3.C5H4OS.ClH.Cu/c1-2-21-5-7-22(8-6-21)17-10-16-13(9-15(17)20)18(24)14(19(25)26)11-23(16)12-3-4-12;6-4-5-2-1-3-7-5;;/h9-12H,2-8H2,1H3,(H,25,26);1-4H;1H;/q;;;+2/p-2. The van der Waals surface area contributed by atoms with Crippen LogP contribution in [-0.2, 0) is 17.1 Å². The average molecular weight is 570 g/mol. The molecule has 11 heteroatoms. The van der Waals surface area contributed by atoms with Crippen molar-refractivity contribution >= 4 is 40.2 Å². The quantitative estimate of drug-likeness (QED) is 0.306. The first-order valence-corrected chi connectivity index (χ1v) is 11.9. The van der Waals surface area contributed by atoms with Crippen LogP contribution in [0, 0.1) is 5.82 Å². The number of hydrogen-bond acceptors (Lipinski definition) is 7. The number of piperazine rings is 1. The number of carbonyl (C=O) groups excluding carboxylic acids is 2. The number of benzene rings is 1. The van der Waals surface area contributed by atoms with Crippen LogP contribution in [0.25, 0.3) is 10.9 Å². The molecule has 1 aromatic carbocycles. The zero-order valence-corrected chi connectivity index (χ0v) is 21.5. The summed E-state index contributed by atoms with van der Waals surface area (Å²) in [5, 5.41) is 13.3. The molecule has 0 spiro atoms. The maximum Gasteiger partial charge on any atom is 2.00 e. The number of thiophene rings is 1. The molecule has 0 atom stereocenters. The van der Waals surface area contributed by atoms with Gasteiger partial charge in [-0.2, -0.15) is 0 Å². The van der Waals surface area contributed by atoms with E-state index in [2.05, 4.69) is 11.8 Å². The average Bonchev–Trinajstić information content (AvgIpc) is 3.53. The van der Waals surface area contributed by atoms with Gasteiger partial charge in [0.15, 0.2) is 11.7 Å². The van der Waals surface area contributed by atoms with Gasteiger partial charge in [0.2, 0.25) is 0 Å². The number of carboxylic acid groups (broad SMARTS) is 1. The molecule has 1 saturated heterocycles. The molecule has 5 rings (SSSR count). The van der Waals surface area contributed by atoms with E-state index in [1.54, 1.807) is 16.7 Å². The molecule has 3 aromatic rings. The van der Waals surface area contributed by atoms with E-state index < -0.39 is 22.8 Å². The molecule has 0 N–H and O–H groups in total. The van der Waals surface area contributed by atoms with Crippen LogP contribution in [0.2, 0.25) is 0 Å². The summed E-state index contributed by atoms with van der Waals surface area (Å²) in [5.74, 6) is -2.01.